The van der Waals surface area contributed by atoms with Gasteiger partial charge in [-0.25, -0.2) is 18.2 Å². The lowest BCUT2D eigenvalue weighted by Gasteiger charge is -2.28. The van der Waals surface area contributed by atoms with Crippen LogP contribution in [0.15, 0.2) is 78.0 Å². The molecule has 200 valence electrons. The molecule has 4 rings (SSSR count). The lowest BCUT2D eigenvalue weighted by atomic mass is 9.99. The van der Waals surface area contributed by atoms with Gasteiger partial charge in [0.2, 0.25) is 5.88 Å². The number of carboxylic acid groups (broad SMARTS) is 1. The van der Waals surface area contributed by atoms with E-state index in [1.54, 1.807) is 54.9 Å². The molecule has 4 aromatic rings. The number of β-amino-alcohol motifs (C(OH)–C–C–N with tert-alkyl or cyclic N) is 1. The number of imidazole rings is 1. The Balaban J connectivity index is 1.36. The van der Waals surface area contributed by atoms with E-state index in [2.05, 4.69) is 24.7 Å². The molecule has 0 bridgehead atoms. The minimum atomic E-state index is -3.74. The summed E-state index contributed by atoms with van der Waals surface area (Å²) >= 11 is 0. The SMILES string of the molecule is CC(C)(CCn1cnc2ccc(OC(=O)O)nc21)NCC(O)c1cccc(NS(=O)(=O)c2ccccc2)c1. The number of aryl methyl sites for hydroxylation is 1. The van der Waals surface area contributed by atoms with Crippen molar-refractivity contribution in [2.75, 3.05) is 11.3 Å². The molecule has 4 N–H and O–H groups in total. The van der Waals surface area contributed by atoms with Crippen molar-refractivity contribution >= 4 is 33.0 Å². The Kier molecular flexibility index (Phi) is 7.95. The molecule has 0 fully saturated rings. The number of aromatic nitrogens is 3. The van der Waals surface area contributed by atoms with Gasteiger partial charge in [-0.3, -0.25) is 4.72 Å². The number of nitrogens with zero attached hydrogens (tertiary/aromatic N) is 3. The number of fused-ring (bicyclic) bond motifs is 1. The van der Waals surface area contributed by atoms with E-state index in [0.29, 0.717) is 35.4 Å². The molecule has 0 saturated carbocycles. The first kappa shape index (κ1) is 27.0. The minimum Gasteiger partial charge on any atom is -0.449 e. The summed E-state index contributed by atoms with van der Waals surface area (Å²) in [4.78, 5) is 19.5. The second kappa shape index (κ2) is 11.2. The fourth-order valence-corrected chi connectivity index (χ4v) is 4.91. The maximum absolute atomic E-state index is 12.6. The molecule has 0 spiro atoms. The Morgan fingerprint density at radius 3 is 2.61 bits per heavy atom. The van der Waals surface area contributed by atoms with Crippen molar-refractivity contribution in [1.82, 2.24) is 19.9 Å². The summed E-state index contributed by atoms with van der Waals surface area (Å²) in [6.07, 6.45) is -0.0315. The highest BCUT2D eigenvalue weighted by Gasteiger charge is 2.21. The normalized spacial score (nSPS) is 12.8. The summed E-state index contributed by atoms with van der Waals surface area (Å²) in [5, 5.41) is 23.0. The lowest BCUT2D eigenvalue weighted by molar-refractivity contribution is 0.142. The molecule has 12 heteroatoms. The molecule has 0 saturated heterocycles. The number of sulfonamides is 1. The number of benzene rings is 2. The second-order valence-electron chi connectivity index (χ2n) is 9.37. The van der Waals surface area contributed by atoms with Gasteiger partial charge >= 0.3 is 6.16 Å². The first-order valence-corrected chi connectivity index (χ1v) is 13.3. The van der Waals surface area contributed by atoms with Crippen LogP contribution >= 0.6 is 0 Å². The van der Waals surface area contributed by atoms with Crippen LogP contribution in [0.25, 0.3) is 11.2 Å². The first-order chi connectivity index (χ1) is 18.0. The van der Waals surface area contributed by atoms with Crippen LogP contribution in [-0.4, -0.2) is 51.4 Å². The van der Waals surface area contributed by atoms with Crippen molar-refractivity contribution in [2.45, 2.75) is 43.4 Å². The number of hydrogen-bond acceptors (Lipinski definition) is 8. The number of nitrogens with one attached hydrogen (secondary N) is 2. The fraction of sp³-hybridized carbons (Fsp3) is 0.269. The second-order valence-corrected chi connectivity index (χ2v) is 11.1. The molecule has 0 aliphatic carbocycles. The van der Waals surface area contributed by atoms with E-state index in [0.717, 1.165) is 0 Å². The highest BCUT2D eigenvalue weighted by atomic mass is 32.2. The summed E-state index contributed by atoms with van der Waals surface area (Å²) in [7, 11) is -3.74. The molecular weight excluding hydrogens is 510 g/mol. The summed E-state index contributed by atoms with van der Waals surface area (Å²) in [6.45, 7) is 4.76. The van der Waals surface area contributed by atoms with Gasteiger partial charge in [0.25, 0.3) is 10.0 Å². The number of anilines is 1. The highest BCUT2D eigenvalue weighted by molar-refractivity contribution is 7.92. The Morgan fingerprint density at radius 1 is 1.11 bits per heavy atom. The number of ether oxygens (including phenoxy) is 1. The average molecular weight is 540 g/mol. The van der Waals surface area contributed by atoms with E-state index in [1.807, 2.05) is 18.4 Å². The van der Waals surface area contributed by atoms with Gasteiger partial charge < -0.3 is 24.8 Å². The molecule has 0 aliphatic heterocycles. The molecule has 1 unspecified atom stereocenters. The number of rotatable bonds is 11. The summed E-state index contributed by atoms with van der Waals surface area (Å²) in [5.41, 5.74) is 1.66. The van der Waals surface area contributed by atoms with Crippen molar-refractivity contribution in [3.63, 3.8) is 0 Å². The van der Waals surface area contributed by atoms with Gasteiger partial charge in [-0.05, 0) is 56.2 Å². The summed E-state index contributed by atoms with van der Waals surface area (Å²) < 4.78 is 34.3. The van der Waals surface area contributed by atoms with Gasteiger partial charge in [-0.1, -0.05) is 30.3 Å². The van der Waals surface area contributed by atoms with Crippen molar-refractivity contribution in [3.05, 3.63) is 78.6 Å². The average Bonchev–Trinajstić information content (AvgIpc) is 3.28. The molecule has 0 aliphatic rings. The van der Waals surface area contributed by atoms with Crippen molar-refractivity contribution < 1.29 is 28.2 Å². The number of pyridine rings is 1. The molecule has 0 amide bonds. The smallest absolute Gasteiger partial charge is 0.449 e. The predicted molar refractivity (Wildman–Crippen MR) is 142 cm³/mol. The van der Waals surface area contributed by atoms with Crippen LogP contribution in [0.5, 0.6) is 5.88 Å². The number of aliphatic hydroxyl groups excluding tert-OH is 1. The van der Waals surface area contributed by atoms with Crippen LogP contribution in [0.4, 0.5) is 10.5 Å². The molecule has 2 heterocycles. The van der Waals surface area contributed by atoms with E-state index in [-0.39, 0.29) is 22.9 Å². The van der Waals surface area contributed by atoms with Gasteiger partial charge in [0.15, 0.2) is 5.65 Å². The molecule has 2 aromatic carbocycles. The Hall–Kier alpha value is -4.00. The molecule has 38 heavy (non-hydrogen) atoms. The zero-order chi connectivity index (χ0) is 27.3. The zero-order valence-corrected chi connectivity index (χ0v) is 21.7. The zero-order valence-electron chi connectivity index (χ0n) is 20.9. The van der Waals surface area contributed by atoms with Crippen molar-refractivity contribution in [2.24, 2.45) is 0 Å². The fourth-order valence-electron chi connectivity index (χ4n) is 3.83. The van der Waals surface area contributed by atoms with Crippen LogP contribution in [0, 0.1) is 0 Å². The minimum absolute atomic E-state index is 0.0273. The third kappa shape index (κ3) is 6.85. The Labute approximate surface area is 220 Å². The van der Waals surface area contributed by atoms with E-state index in [9.17, 15) is 18.3 Å². The van der Waals surface area contributed by atoms with E-state index < -0.39 is 22.3 Å². The lowest BCUT2D eigenvalue weighted by Crippen LogP contribution is -2.42. The monoisotopic (exact) mass is 539 g/mol. The number of carbonyl (C=O) groups is 1. The van der Waals surface area contributed by atoms with Crippen LogP contribution in [0.2, 0.25) is 0 Å². The van der Waals surface area contributed by atoms with Gasteiger partial charge in [0.1, 0.15) is 5.52 Å². The molecule has 0 radical (unpaired) electrons. The maximum atomic E-state index is 12.6. The van der Waals surface area contributed by atoms with Gasteiger partial charge in [-0.2, -0.15) is 4.98 Å². The van der Waals surface area contributed by atoms with E-state index in [4.69, 9.17) is 5.11 Å². The maximum Gasteiger partial charge on any atom is 0.512 e. The van der Waals surface area contributed by atoms with Crippen molar-refractivity contribution in [3.8, 4) is 5.88 Å². The topological polar surface area (TPSA) is 156 Å². The molecule has 1 atom stereocenters. The van der Waals surface area contributed by atoms with Crippen LogP contribution in [0.1, 0.15) is 31.9 Å². The van der Waals surface area contributed by atoms with Gasteiger partial charge in [0.05, 0.1) is 17.3 Å². The van der Waals surface area contributed by atoms with Gasteiger partial charge in [-0.15, -0.1) is 0 Å². The Morgan fingerprint density at radius 2 is 1.87 bits per heavy atom. The summed E-state index contributed by atoms with van der Waals surface area (Å²) in [5.74, 6) is -0.0273. The number of aliphatic hydroxyl groups is 1. The summed E-state index contributed by atoms with van der Waals surface area (Å²) in [6, 6.07) is 17.8. The largest absolute Gasteiger partial charge is 0.512 e. The van der Waals surface area contributed by atoms with E-state index >= 15 is 0 Å². The Bertz CT molecular complexity index is 1520. The van der Waals surface area contributed by atoms with Gasteiger partial charge in [0, 0.05) is 30.4 Å². The third-order valence-corrected chi connectivity index (χ3v) is 7.36. The van der Waals surface area contributed by atoms with Crippen LogP contribution in [0.3, 0.4) is 0 Å². The molecular formula is C26H29N5O6S. The van der Waals surface area contributed by atoms with E-state index in [1.165, 1.54) is 18.2 Å². The van der Waals surface area contributed by atoms with Crippen molar-refractivity contribution in [1.29, 1.82) is 0 Å². The molecule has 2 aromatic heterocycles. The quantitative estimate of drug-likeness (QED) is 0.208. The molecule has 11 nitrogen and oxygen atoms in total. The highest BCUT2D eigenvalue weighted by Crippen LogP contribution is 2.22. The van der Waals surface area contributed by atoms with Crippen LogP contribution < -0.4 is 14.8 Å². The van der Waals surface area contributed by atoms with Crippen LogP contribution in [-0.2, 0) is 16.6 Å². The first-order valence-electron chi connectivity index (χ1n) is 11.9. The predicted octanol–water partition coefficient (Wildman–Crippen LogP) is 3.78. The third-order valence-electron chi connectivity index (χ3n) is 5.96. The standard InChI is InChI=1S/C26H29N5O6S/c1-26(2,13-14-31-17-27-21-11-12-23(29-24(21)31)37-25(33)34)28-16-22(32)18-7-6-8-19(15-18)30-38(35,36)20-9-4-3-5-10-20/h3-12,15,17,22,28,30,32H,13-14,16H2,1-2H3,(H,33,34). The number of hydrogen-bond donors (Lipinski definition) is 4.